The van der Waals surface area contributed by atoms with Gasteiger partial charge in [-0.25, -0.2) is 0 Å². The zero-order chi connectivity index (χ0) is 11.5. The third kappa shape index (κ3) is 4.53. The normalized spacial score (nSPS) is 13.6. The summed E-state index contributed by atoms with van der Waals surface area (Å²) in [6.07, 6.45) is 0.0854. The van der Waals surface area contributed by atoms with Crippen LogP contribution < -0.4 is 0 Å². The second kappa shape index (κ2) is 5.78. The van der Waals surface area contributed by atoms with E-state index in [-0.39, 0.29) is 11.2 Å². The number of hydrogen-bond acceptors (Lipinski definition) is 1. The molecule has 0 aromatic heterocycles. The Morgan fingerprint density at radius 1 is 1.20 bits per heavy atom. The van der Waals surface area contributed by atoms with Crippen molar-refractivity contribution in [2.24, 2.45) is 0 Å². The summed E-state index contributed by atoms with van der Waals surface area (Å²) in [6.45, 7) is 0. The molecule has 0 radical (unpaired) electrons. The third-order valence-corrected chi connectivity index (χ3v) is 9.01. The molecule has 0 bridgehead atoms. The van der Waals surface area contributed by atoms with Crippen LogP contribution in [0.3, 0.4) is 0 Å². The van der Waals surface area contributed by atoms with E-state index in [1.54, 1.807) is 0 Å². The van der Waals surface area contributed by atoms with Crippen molar-refractivity contribution in [3.05, 3.63) is 35.9 Å². The van der Waals surface area contributed by atoms with Gasteiger partial charge in [0.2, 0.25) is 0 Å². The van der Waals surface area contributed by atoms with E-state index in [0.29, 0.717) is 0 Å². The van der Waals surface area contributed by atoms with E-state index in [0.717, 1.165) is 5.56 Å². The van der Waals surface area contributed by atoms with Gasteiger partial charge in [-0.2, -0.15) is 0 Å². The number of carbonyl (C=O) groups excluding carboxylic acids is 1. The fourth-order valence-corrected chi connectivity index (χ4v) is 6.93. The number of carbonyl (C=O) groups is 1. The zero-order valence-corrected chi connectivity index (χ0v) is 12.7. The van der Waals surface area contributed by atoms with Gasteiger partial charge < -0.3 is 0 Å². The van der Waals surface area contributed by atoms with Gasteiger partial charge in [-0.3, -0.25) is 0 Å². The van der Waals surface area contributed by atoms with Crippen LogP contribution in [-0.4, -0.2) is 15.7 Å². The quantitative estimate of drug-likeness (QED) is 0.592. The van der Waals surface area contributed by atoms with E-state index in [2.05, 4.69) is 0 Å². The minimum absolute atomic E-state index is 0.0854. The van der Waals surface area contributed by atoms with Crippen LogP contribution in [0.2, 0.25) is 0 Å². The Kier molecular flexibility index (Phi) is 5.27. The molecule has 0 N–H and O–H groups in total. The Bertz CT molecular complexity index is 336. The molecule has 1 rings (SSSR count). The summed E-state index contributed by atoms with van der Waals surface area (Å²) in [5.41, 5.74) is 0.867. The Balaban J connectivity index is 2.97. The molecule has 1 aromatic carbocycles. The van der Waals surface area contributed by atoms with Crippen LogP contribution in [0.4, 0.5) is 0 Å². The number of hydrogen-bond donors (Lipinski definition) is 0. The zero-order valence-electron chi connectivity index (χ0n) is 7.59. The van der Waals surface area contributed by atoms with Gasteiger partial charge in [-0.05, 0) is 0 Å². The molecule has 0 saturated heterocycles. The van der Waals surface area contributed by atoms with Gasteiger partial charge in [0.05, 0.1) is 0 Å². The van der Waals surface area contributed by atoms with E-state index in [1.165, 1.54) is 0 Å². The molecule has 0 spiro atoms. The van der Waals surface area contributed by atoms with E-state index >= 15 is 0 Å². The third-order valence-electron chi connectivity index (χ3n) is 1.96. The molecule has 1 aromatic rings. The molecule has 15 heavy (non-hydrogen) atoms. The summed E-state index contributed by atoms with van der Waals surface area (Å²) in [5, 5.41) is -0.471. The number of halogens is 4. The first-order chi connectivity index (χ1) is 6.91. The Labute approximate surface area is 109 Å². The molecule has 0 aliphatic carbocycles. The van der Waals surface area contributed by atoms with Crippen molar-refractivity contribution in [2.75, 3.05) is 0 Å². The molecule has 82 valence electrons. The maximum absolute atomic E-state index is 10.9. The molecule has 1 atom stereocenters. The van der Waals surface area contributed by atoms with Crippen LogP contribution in [0.5, 0.6) is 0 Å². The first-order valence-corrected chi connectivity index (χ1v) is 14.1. The summed E-state index contributed by atoms with van der Waals surface area (Å²) in [4.78, 5) is 10.9. The molecule has 0 amide bonds. The van der Waals surface area contributed by atoms with Crippen molar-refractivity contribution < 1.29 is 4.79 Å². The second-order valence-corrected chi connectivity index (χ2v) is 19.5. The Morgan fingerprint density at radius 2 is 1.73 bits per heavy atom. The first-order valence-electron chi connectivity index (χ1n) is 4.21. The van der Waals surface area contributed by atoms with Crippen molar-refractivity contribution >= 4 is 57.4 Å². The average Bonchev–Trinajstić information content (AvgIpc) is 2.14. The number of rotatable bonds is 4. The molecule has 0 fully saturated rings. The summed E-state index contributed by atoms with van der Waals surface area (Å²) >= 11 is 5.34. The first kappa shape index (κ1) is 13.7. The summed E-state index contributed by atoms with van der Waals surface area (Å²) in [5.74, 6) is 0. The average molecular weight is 347 g/mol. The van der Waals surface area contributed by atoms with Crippen LogP contribution in [-0.2, 0) is 4.79 Å². The van der Waals surface area contributed by atoms with Gasteiger partial charge in [0.1, 0.15) is 0 Å². The molecule has 0 saturated carbocycles. The molecule has 1 unspecified atom stereocenters. The van der Waals surface area contributed by atoms with Gasteiger partial charge in [0, 0.05) is 0 Å². The van der Waals surface area contributed by atoms with Gasteiger partial charge in [0.15, 0.2) is 0 Å². The van der Waals surface area contributed by atoms with Gasteiger partial charge in [-0.1, -0.05) is 0 Å². The predicted octanol–water partition coefficient (Wildman–Crippen LogP) is 4.12. The van der Waals surface area contributed by atoms with E-state index < -0.39 is 15.7 Å². The van der Waals surface area contributed by atoms with Crippen molar-refractivity contribution in [3.63, 3.8) is 0 Å². The molecule has 6 heteroatoms. The number of benzene rings is 1. The van der Waals surface area contributed by atoms with E-state index in [1.807, 2.05) is 30.3 Å². The van der Waals surface area contributed by atoms with Gasteiger partial charge >= 0.3 is 109 Å². The second-order valence-electron chi connectivity index (χ2n) is 3.06. The molecule has 1 nitrogen and oxygen atoms in total. The van der Waals surface area contributed by atoms with Gasteiger partial charge in [-0.15, -0.1) is 0 Å². The van der Waals surface area contributed by atoms with Crippen molar-refractivity contribution in [1.29, 1.82) is 0 Å². The van der Waals surface area contributed by atoms with Crippen LogP contribution in [0, 0.1) is 0 Å². The van der Waals surface area contributed by atoms with E-state index in [9.17, 15) is 4.79 Å². The molecular weight excluding hydrogens is 339 g/mol. The molecule has 0 aliphatic heterocycles. The van der Waals surface area contributed by atoms with Crippen LogP contribution in [0.25, 0.3) is 0 Å². The maximum atomic E-state index is 10.9. The predicted molar refractivity (Wildman–Crippen MR) is 68.0 cm³/mol. The summed E-state index contributed by atoms with van der Waals surface area (Å²) in [7, 11) is 14.5. The monoisotopic (exact) mass is 346 g/mol. The fourth-order valence-electron chi connectivity index (χ4n) is 1.27. The van der Waals surface area contributed by atoms with Crippen molar-refractivity contribution in [3.8, 4) is 0 Å². The van der Waals surface area contributed by atoms with Crippen molar-refractivity contribution in [1.82, 2.24) is 0 Å². The minimum atomic E-state index is -3.48. The standard InChI is InChI=1S/C9H8Cl4GeO/c10-9(15)6-8(14(11,12)13)7-4-2-1-3-5-7/h1-5,8H,6H2. The van der Waals surface area contributed by atoms with Crippen LogP contribution >= 0.6 is 41.6 Å². The topological polar surface area (TPSA) is 17.1 Å². The van der Waals surface area contributed by atoms with Gasteiger partial charge in [0.25, 0.3) is 0 Å². The Hall–Kier alpha value is 0.593. The Morgan fingerprint density at radius 3 is 2.13 bits per heavy atom. The molecule has 0 heterocycles. The van der Waals surface area contributed by atoms with Crippen LogP contribution in [0.1, 0.15) is 16.7 Å². The fraction of sp³-hybridized carbons (Fsp3) is 0.222. The van der Waals surface area contributed by atoms with E-state index in [4.69, 9.17) is 41.6 Å². The SMILES string of the molecule is O=C(Cl)C[CH](c1ccccc1)[Ge]([Cl])([Cl])[Cl]. The summed E-state index contributed by atoms with van der Waals surface area (Å²) in [6, 6.07) is 9.25. The van der Waals surface area contributed by atoms with Crippen molar-refractivity contribution in [2.45, 2.75) is 11.2 Å². The summed E-state index contributed by atoms with van der Waals surface area (Å²) < 4.78 is -0.332. The molecule has 0 aliphatic rings. The van der Waals surface area contributed by atoms with Crippen LogP contribution in [0.15, 0.2) is 30.3 Å². The molecular formula is C9H8Cl4GeO.